The lowest BCUT2D eigenvalue weighted by atomic mass is 9.91. The van der Waals surface area contributed by atoms with E-state index in [0.717, 1.165) is 39.1 Å². The molecule has 3 atom stereocenters. The van der Waals surface area contributed by atoms with Gasteiger partial charge in [0.15, 0.2) is 0 Å². The maximum absolute atomic E-state index is 6.09. The van der Waals surface area contributed by atoms with E-state index in [2.05, 4.69) is 6.92 Å². The smallest absolute Gasteiger partial charge is 0.100 e. The molecule has 0 N–H and O–H groups in total. The van der Waals surface area contributed by atoms with Crippen LogP contribution in [-0.2, 0) is 18.9 Å². The van der Waals surface area contributed by atoms with Gasteiger partial charge in [0.1, 0.15) is 6.10 Å². The maximum atomic E-state index is 6.09. The molecule has 1 aliphatic carbocycles. The second kappa shape index (κ2) is 9.98. The zero-order chi connectivity index (χ0) is 13.2. The largest absolute Gasteiger partial charge is 0.385 e. The molecule has 0 amide bonds. The SMILES string of the molecule is CCCOC1C(Cl)CC1OCCOCCCOC. The highest BCUT2D eigenvalue weighted by Gasteiger charge is 2.41. The van der Waals surface area contributed by atoms with Crippen molar-refractivity contribution in [1.82, 2.24) is 0 Å². The van der Waals surface area contributed by atoms with Crippen LogP contribution in [0.25, 0.3) is 0 Å². The van der Waals surface area contributed by atoms with Crippen LogP contribution in [0.1, 0.15) is 26.2 Å². The quantitative estimate of drug-likeness (QED) is 0.430. The van der Waals surface area contributed by atoms with Gasteiger partial charge in [-0.2, -0.15) is 0 Å². The molecule has 1 fully saturated rings. The first-order valence-electron chi connectivity index (χ1n) is 6.73. The molecule has 1 aliphatic rings. The highest BCUT2D eigenvalue weighted by atomic mass is 35.5. The summed E-state index contributed by atoms with van der Waals surface area (Å²) in [7, 11) is 1.69. The average Bonchev–Trinajstić information content (AvgIpc) is 2.36. The van der Waals surface area contributed by atoms with Gasteiger partial charge in [0, 0.05) is 26.9 Å². The van der Waals surface area contributed by atoms with Gasteiger partial charge >= 0.3 is 0 Å². The molecule has 1 rings (SSSR count). The minimum absolute atomic E-state index is 0.0557. The molecule has 1 saturated carbocycles. The lowest BCUT2D eigenvalue weighted by Crippen LogP contribution is -2.51. The Labute approximate surface area is 115 Å². The van der Waals surface area contributed by atoms with Crippen LogP contribution in [0.15, 0.2) is 0 Å². The number of ether oxygens (including phenoxy) is 4. The van der Waals surface area contributed by atoms with Crippen molar-refractivity contribution >= 4 is 11.6 Å². The van der Waals surface area contributed by atoms with E-state index in [9.17, 15) is 0 Å². The molecular weight excluding hydrogens is 256 g/mol. The molecule has 4 nitrogen and oxygen atoms in total. The normalized spacial score (nSPS) is 27.2. The molecule has 18 heavy (non-hydrogen) atoms. The molecule has 3 unspecified atom stereocenters. The Balaban J connectivity index is 1.95. The number of rotatable bonds is 11. The van der Waals surface area contributed by atoms with Crippen molar-refractivity contribution in [2.75, 3.05) is 40.1 Å². The topological polar surface area (TPSA) is 36.9 Å². The minimum Gasteiger partial charge on any atom is -0.385 e. The van der Waals surface area contributed by atoms with Gasteiger partial charge in [-0.3, -0.25) is 0 Å². The predicted molar refractivity (Wildman–Crippen MR) is 71.3 cm³/mol. The van der Waals surface area contributed by atoms with Crippen molar-refractivity contribution in [3.63, 3.8) is 0 Å². The summed E-state index contributed by atoms with van der Waals surface area (Å²) in [6.45, 7) is 5.52. The molecule has 0 heterocycles. The predicted octanol–water partition coefficient (Wildman–Crippen LogP) is 2.23. The average molecular weight is 281 g/mol. The number of hydrogen-bond donors (Lipinski definition) is 0. The number of methoxy groups -OCH3 is 1. The van der Waals surface area contributed by atoms with Crippen LogP contribution >= 0.6 is 11.6 Å². The summed E-state index contributed by atoms with van der Waals surface area (Å²) in [5.74, 6) is 0. The Hall–Kier alpha value is 0.130. The van der Waals surface area contributed by atoms with Crippen molar-refractivity contribution in [2.45, 2.75) is 43.8 Å². The van der Waals surface area contributed by atoms with Crippen LogP contribution in [0.5, 0.6) is 0 Å². The van der Waals surface area contributed by atoms with E-state index in [1.54, 1.807) is 7.11 Å². The summed E-state index contributed by atoms with van der Waals surface area (Å²) in [6.07, 6.45) is 3.00. The zero-order valence-electron chi connectivity index (χ0n) is 11.4. The summed E-state index contributed by atoms with van der Waals surface area (Å²) in [4.78, 5) is 0. The Bertz CT molecular complexity index is 203. The van der Waals surface area contributed by atoms with Crippen molar-refractivity contribution in [1.29, 1.82) is 0 Å². The molecule has 0 aromatic carbocycles. The van der Waals surface area contributed by atoms with E-state index in [-0.39, 0.29) is 17.6 Å². The third kappa shape index (κ3) is 5.85. The fourth-order valence-electron chi connectivity index (χ4n) is 1.82. The van der Waals surface area contributed by atoms with Gasteiger partial charge in [-0.05, 0) is 19.3 Å². The summed E-state index contributed by atoms with van der Waals surface area (Å²) in [5.41, 5.74) is 0. The van der Waals surface area contributed by atoms with Crippen LogP contribution in [0.4, 0.5) is 0 Å². The second-order valence-electron chi connectivity index (χ2n) is 4.46. The molecule has 0 spiro atoms. The second-order valence-corrected chi connectivity index (χ2v) is 5.02. The standard InChI is InChI=1S/C13H25ClO4/c1-3-5-18-13-11(14)10-12(13)17-9-8-16-7-4-6-15-2/h11-13H,3-10H2,1-2H3. The lowest BCUT2D eigenvalue weighted by Gasteiger charge is -2.40. The molecule has 5 heteroatoms. The van der Waals surface area contributed by atoms with Gasteiger partial charge < -0.3 is 18.9 Å². The Morgan fingerprint density at radius 2 is 1.89 bits per heavy atom. The zero-order valence-corrected chi connectivity index (χ0v) is 12.2. The fourth-order valence-corrected chi connectivity index (χ4v) is 2.23. The van der Waals surface area contributed by atoms with E-state index in [0.29, 0.717) is 13.2 Å². The first-order valence-corrected chi connectivity index (χ1v) is 7.17. The van der Waals surface area contributed by atoms with Crippen molar-refractivity contribution in [3.05, 3.63) is 0 Å². The lowest BCUT2D eigenvalue weighted by molar-refractivity contribution is -0.131. The number of hydrogen-bond acceptors (Lipinski definition) is 4. The van der Waals surface area contributed by atoms with Gasteiger partial charge in [0.25, 0.3) is 0 Å². The van der Waals surface area contributed by atoms with Crippen LogP contribution in [-0.4, -0.2) is 57.7 Å². The maximum Gasteiger partial charge on any atom is 0.100 e. The van der Waals surface area contributed by atoms with Gasteiger partial charge in [-0.1, -0.05) is 6.92 Å². The molecule has 0 saturated heterocycles. The monoisotopic (exact) mass is 280 g/mol. The molecule has 0 aliphatic heterocycles. The van der Waals surface area contributed by atoms with Crippen molar-refractivity contribution in [2.24, 2.45) is 0 Å². The molecule has 0 bridgehead atoms. The van der Waals surface area contributed by atoms with E-state index in [1.807, 2.05) is 0 Å². The first kappa shape index (κ1) is 16.2. The summed E-state index contributed by atoms with van der Waals surface area (Å²) in [5, 5.41) is 0.101. The molecule has 0 radical (unpaired) electrons. The molecule has 108 valence electrons. The Kier molecular flexibility index (Phi) is 8.98. The van der Waals surface area contributed by atoms with E-state index in [4.69, 9.17) is 30.5 Å². The van der Waals surface area contributed by atoms with Crippen LogP contribution in [0.2, 0.25) is 0 Å². The highest BCUT2D eigenvalue weighted by molar-refractivity contribution is 6.21. The van der Waals surface area contributed by atoms with Crippen LogP contribution in [0.3, 0.4) is 0 Å². The fraction of sp³-hybridized carbons (Fsp3) is 1.00. The van der Waals surface area contributed by atoms with Gasteiger partial charge in [-0.15, -0.1) is 11.6 Å². The van der Waals surface area contributed by atoms with Gasteiger partial charge in [0.05, 0.1) is 24.7 Å². The molecule has 0 aromatic rings. The van der Waals surface area contributed by atoms with E-state index in [1.165, 1.54) is 0 Å². The molecule has 0 aromatic heterocycles. The Morgan fingerprint density at radius 3 is 2.56 bits per heavy atom. The summed E-state index contributed by atoms with van der Waals surface area (Å²) < 4.78 is 21.7. The van der Waals surface area contributed by atoms with Crippen molar-refractivity contribution in [3.8, 4) is 0 Å². The Morgan fingerprint density at radius 1 is 1.06 bits per heavy atom. The third-order valence-electron chi connectivity index (χ3n) is 2.89. The van der Waals surface area contributed by atoms with Crippen LogP contribution < -0.4 is 0 Å². The number of alkyl halides is 1. The highest BCUT2D eigenvalue weighted by Crippen LogP contribution is 2.31. The van der Waals surface area contributed by atoms with Crippen LogP contribution in [0, 0.1) is 0 Å². The molecular formula is C13H25ClO4. The first-order chi connectivity index (χ1) is 8.79. The van der Waals surface area contributed by atoms with Gasteiger partial charge in [-0.25, -0.2) is 0 Å². The summed E-state index contributed by atoms with van der Waals surface area (Å²) in [6, 6.07) is 0. The number of halogens is 1. The van der Waals surface area contributed by atoms with E-state index >= 15 is 0 Å². The van der Waals surface area contributed by atoms with E-state index < -0.39 is 0 Å². The third-order valence-corrected chi connectivity index (χ3v) is 3.32. The minimum atomic E-state index is 0.0557. The van der Waals surface area contributed by atoms with Crippen molar-refractivity contribution < 1.29 is 18.9 Å². The van der Waals surface area contributed by atoms with Gasteiger partial charge in [0.2, 0.25) is 0 Å². The summed E-state index contributed by atoms with van der Waals surface area (Å²) >= 11 is 6.09.